The van der Waals surface area contributed by atoms with E-state index in [4.69, 9.17) is 14.2 Å². The van der Waals surface area contributed by atoms with Crippen LogP contribution in [-0.2, 0) is 14.2 Å². The molecule has 4 heteroatoms. The Bertz CT molecular complexity index is 154. The molecule has 0 aliphatic carbocycles. The third-order valence-corrected chi connectivity index (χ3v) is 2.76. The monoisotopic (exact) mass is 217 g/mol. The Morgan fingerprint density at radius 3 is 2.40 bits per heavy atom. The van der Waals surface area contributed by atoms with E-state index < -0.39 is 0 Å². The van der Waals surface area contributed by atoms with E-state index in [1.165, 1.54) is 0 Å². The summed E-state index contributed by atoms with van der Waals surface area (Å²) in [5, 5.41) is 3.28. The highest BCUT2D eigenvalue weighted by molar-refractivity contribution is 4.81. The predicted molar refractivity (Wildman–Crippen MR) is 58.8 cm³/mol. The molecule has 4 nitrogen and oxygen atoms in total. The first-order chi connectivity index (χ1) is 7.33. The third kappa shape index (κ3) is 3.72. The van der Waals surface area contributed by atoms with Crippen molar-refractivity contribution in [3.8, 4) is 0 Å². The number of hydrogen-bond acceptors (Lipinski definition) is 4. The van der Waals surface area contributed by atoms with Crippen LogP contribution in [0.1, 0.15) is 20.3 Å². The van der Waals surface area contributed by atoms with Crippen LogP contribution in [0.5, 0.6) is 0 Å². The van der Waals surface area contributed by atoms with E-state index >= 15 is 0 Å². The second-order valence-electron chi connectivity index (χ2n) is 3.72. The van der Waals surface area contributed by atoms with Crippen LogP contribution < -0.4 is 5.32 Å². The van der Waals surface area contributed by atoms with Crippen LogP contribution in [0, 0.1) is 5.92 Å². The first-order valence-electron chi connectivity index (χ1n) is 5.81. The van der Waals surface area contributed by atoms with Gasteiger partial charge in [-0.25, -0.2) is 0 Å². The van der Waals surface area contributed by atoms with Gasteiger partial charge in [0.05, 0.1) is 12.6 Å². The van der Waals surface area contributed by atoms with Gasteiger partial charge >= 0.3 is 0 Å². The average Bonchev–Trinajstić information content (AvgIpc) is 2.73. The molecule has 0 radical (unpaired) electrons. The van der Waals surface area contributed by atoms with Crippen molar-refractivity contribution in [1.82, 2.24) is 5.32 Å². The lowest BCUT2D eigenvalue weighted by atomic mass is 9.98. The minimum absolute atomic E-state index is 0.156. The van der Waals surface area contributed by atoms with Crippen molar-refractivity contribution in [1.29, 1.82) is 0 Å². The lowest BCUT2D eigenvalue weighted by Crippen LogP contribution is -2.46. The van der Waals surface area contributed by atoms with Gasteiger partial charge in [0.1, 0.15) is 0 Å². The highest BCUT2D eigenvalue weighted by Gasteiger charge is 2.31. The van der Waals surface area contributed by atoms with Crippen molar-refractivity contribution in [2.75, 3.05) is 33.5 Å². The van der Waals surface area contributed by atoms with Gasteiger partial charge in [-0.3, -0.25) is 0 Å². The van der Waals surface area contributed by atoms with Crippen LogP contribution in [0.2, 0.25) is 0 Å². The molecular formula is C11H23NO3. The molecule has 0 amide bonds. The summed E-state index contributed by atoms with van der Waals surface area (Å²) in [6.45, 7) is 7.00. The van der Waals surface area contributed by atoms with Gasteiger partial charge in [-0.1, -0.05) is 0 Å². The molecule has 1 N–H and O–H groups in total. The molecule has 2 unspecified atom stereocenters. The van der Waals surface area contributed by atoms with Crippen LogP contribution in [0.25, 0.3) is 0 Å². The molecule has 1 rings (SSSR count). The van der Waals surface area contributed by atoms with Crippen molar-refractivity contribution < 1.29 is 14.2 Å². The molecule has 0 aromatic heterocycles. The second kappa shape index (κ2) is 7.17. The van der Waals surface area contributed by atoms with E-state index in [0.717, 1.165) is 19.6 Å². The number of rotatable bonds is 7. The van der Waals surface area contributed by atoms with Gasteiger partial charge in [-0.2, -0.15) is 0 Å². The minimum atomic E-state index is -0.156. The molecule has 0 aromatic rings. The van der Waals surface area contributed by atoms with Gasteiger partial charge in [0.2, 0.25) is 0 Å². The molecule has 1 aliphatic heterocycles. The summed E-state index contributed by atoms with van der Waals surface area (Å²) in [7, 11) is 1.95. The van der Waals surface area contributed by atoms with E-state index in [1.807, 2.05) is 20.9 Å². The summed E-state index contributed by atoms with van der Waals surface area (Å²) in [6.07, 6.45) is 0.930. The van der Waals surface area contributed by atoms with Gasteiger partial charge < -0.3 is 19.5 Å². The van der Waals surface area contributed by atoms with Crippen molar-refractivity contribution in [3.63, 3.8) is 0 Å². The fraction of sp³-hybridized carbons (Fsp3) is 1.00. The van der Waals surface area contributed by atoms with Gasteiger partial charge in [0, 0.05) is 25.7 Å². The SMILES string of the molecule is CCOC(OCC)C(NC)C1CCOC1. The maximum absolute atomic E-state index is 5.61. The maximum atomic E-state index is 5.61. The topological polar surface area (TPSA) is 39.7 Å². The number of likely N-dealkylation sites (N-methyl/N-ethyl adjacent to an activating group) is 1. The lowest BCUT2D eigenvalue weighted by molar-refractivity contribution is -0.161. The van der Waals surface area contributed by atoms with Crippen LogP contribution in [0.3, 0.4) is 0 Å². The third-order valence-electron chi connectivity index (χ3n) is 2.76. The normalized spacial score (nSPS) is 23.6. The molecule has 0 bridgehead atoms. The van der Waals surface area contributed by atoms with Crippen LogP contribution in [-0.4, -0.2) is 45.8 Å². The van der Waals surface area contributed by atoms with Crippen LogP contribution in [0.4, 0.5) is 0 Å². The molecule has 0 spiro atoms. The van der Waals surface area contributed by atoms with Gasteiger partial charge in [0.15, 0.2) is 6.29 Å². The van der Waals surface area contributed by atoms with E-state index in [0.29, 0.717) is 19.1 Å². The minimum Gasteiger partial charge on any atom is -0.381 e. The van der Waals surface area contributed by atoms with Crippen LogP contribution >= 0.6 is 0 Å². The molecule has 15 heavy (non-hydrogen) atoms. The molecule has 0 saturated carbocycles. The average molecular weight is 217 g/mol. The van der Waals surface area contributed by atoms with Gasteiger partial charge in [-0.05, 0) is 27.3 Å². The largest absolute Gasteiger partial charge is 0.381 e. The molecule has 1 saturated heterocycles. The van der Waals surface area contributed by atoms with E-state index in [9.17, 15) is 0 Å². The second-order valence-corrected chi connectivity index (χ2v) is 3.72. The highest BCUT2D eigenvalue weighted by Crippen LogP contribution is 2.21. The molecule has 1 aliphatic rings. The van der Waals surface area contributed by atoms with Crippen molar-refractivity contribution in [2.24, 2.45) is 5.92 Å². The summed E-state index contributed by atoms with van der Waals surface area (Å²) in [5.41, 5.74) is 0. The van der Waals surface area contributed by atoms with Crippen molar-refractivity contribution >= 4 is 0 Å². The molecule has 0 aromatic carbocycles. The standard InChI is InChI=1S/C11H23NO3/c1-4-14-11(15-5-2)10(12-3)9-6-7-13-8-9/h9-12H,4-8H2,1-3H3. The Morgan fingerprint density at radius 1 is 1.33 bits per heavy atom. The zero-order valence-electron chi connectivity index (χ0n) is 9.99. The van der Waals surface area contributed by atoms with E-state index in [-0.39, 0.29) is 12.3 Å². The lowest BCUT2D eigenvalue weighted by Gasteiger charge is -2.30. The summed E-state index contributed by atoms with van der Waals surface area (Å²) in [5.74, 6) is 0.498. The van der Waals surface area contributed by atoms with Gasteiger partial charge in [-0.15, -0.1) is 0 Å². The zero-order chi connectivity index (χ0) is 11.1. The summed E-state index contributed by atoms with van der Waals surface area (Å²) >= 11 is 0. The summed E-state index contributed by atoms with van der Waals surface area (Å²) in [4.78, 5) is 0. The van der Waals surface area contributed by atoms with Gasteiger partial charge in [0.25, 0.3) is 0 Å². The molecule has 2 atom stereocenters. The van der Waals surface area contributed by atoms with Crippen molar-refractivity contribution in [2.45, 2.75) is 32.6 Å². The summed E-state index contributed by atoms with van der Waals surface area (Å²) in [6, 6.07) is 0.229. The first-order valence-corrected chi connectivity index (χ1v) is 5.81. The first kappa shape index (κ1) is 12.9. The van der Waals surface area contributed by atoms with E-state index in [2.05, 4.69) is 5.32 Å². The quantitative estimate of drug-likeness (QED) is 0.646. The molecule has 1 heterocycles. The fourth-order valence-electron chi connectivity index (χ4n) is 2.01. The van der Waals surface area contributed by atoms with Crippen LogP contribution in [0.15, 0.2) is 0 Å². The number of hydrogen-bond donors (Lipinski definition) is 1. The Hall–Kier alpha value is -0.160. The number of ether oxygens (including phenoxy) is 3. The van der Waals surface area contributed by atoms with E-state index in [1.54, 1.807) is 0 Å². The Labute approximate surface area is 92.3 Å². The smallest absolute Gasteiger partial charge is 0.173 e. The number of nitrogens with one attached hydrogen (secondary N) is 1. The van der Waals surface area contributed by atoms with Crippen molar-refractivity contribution in [3.05, 3.63) is 0 Å². The molecule has 1 fully saturated rings. The molecule has 90 valence electrons. The Kier molecular flexibility index (Phi) is 6.17. The Morgan fingerprint density at radius 2 is 2.00 bits per heavy atom. The zero-order valence-corrected chi connectivity index (χ0v) is 9.99. The predicted octanol–water partition coefficient (Wildman–Crippen LogP) is 1.01. The Balaban J connectivity index is 2.50. The fourth-order valence-corrected chi connectivity index (χ4v) is 2.01. The highest BCUT2D eigenvalue weighted by atomic mass is 16.7. The maximum Gasteiger partial charge on any atom is 0.173 e. The molecular weight excluding hydrogens is 194 g/mol. The summed E-state index contributed by atoms with van der Waals surface area (Å²) < 4.78 is 16.6.